The normalized spacial score (nSPS) is 12.2. The molecule has 2 heterocycles. The number of carbonyl (C=O) groups excluding carboxylic acids is 1. The Bertz CT molecular complexity index is 988. The monoisotopic (exact) mass is 366 g/mol. The predicted octanol–water partition coefficient (Wildman–Crippen LogP) is 3.36. The van der Waals surface area contributed by atoms with Gasteiger partial charge < -0.3 is 14.9 Å². The summed E-state index contributed by atoms with van der Waals surface area (Å²) in [6.07, 6.45) is -1.05. The number of ether oxygens (including phenoxy) is 1. The zero-order valence-electron chi connectivity index (χ0n) is 13.4. The van der Waals surface area contributed by atoms with Gasteiger partial charge in [-0.3, -0.25) is 0 Å². The maximum absolute atomic E-state index is 13.2. The lowest BCUT2D eigenvalue weighted by atomic mass is 10.1. The maximum Gasteiger partial charge on any atom is 0.436 e. The van der Waals surface area contributed by atoms with Crippen LogP contribution in [0.25, 0.3) is 16.6 Å². The van der Waals surface area contributed by atoms with Crippen molar-refractivity contribution in [2.24, 2.45) is 5.16 Å². The molecule has 0 amide bonds. The van der Waals surface area contributed by atoms with Crippen LogP contribution in [0.2, 0.25) is 0 Å². The minimum atomic E-state index is -4.81. The van der Waals surface area contributed by atoms with E-state index in [4.69, 9.17) is 5.21 Å². The van der Waals surface area contributed by atoms with Gasteiger partial charge in [0.25, 0.3) is 0 Å². The first-order valence-electron chi connectivity index (χ1n) is 7.48. The SMILES string of the molecule is CCOC(=O)c1cn(-c2ccc3[nH]cc(/C=N\O)c3c2)nc1C(F)(F)F. The first-order chi connectivity index (χ1) is 12.3. The molecule has 3 aromatic rings. The van der Waals surface area contributed by atoms with Gasteiger partial charge in [0.1, 0.15) is 5.56 Å². The highest BCUT2D eigenvalue weighted by Crippen LogP contribution is 2.32. The number of esters is 1. The zero-order chi connectivity index (χ0) is 18.9. The van der Waals surface area contributed by atoms with Crippen molar-refractivity contribution in [3.05, 3.63) is 47.4 Å². The molecule has 0 unspecified atom stereocenters. The Morgan fingerprint density at radius 2 is 2.23 bits per heavy atom. The molecule has 0 aliphatic carbocycles. The number of benzene rings is 1. The van der Waals surface area contributed by atoms with Crippen LogP contribution in [0.15, 0.2) is 35.7 Å². The summed E-state index contributed by atoms with van der Waals surface area (Å²) in [6, 6.07) is 4.74. The lowest BCUT2D eigenvalue weighted by molar-refractivity contribution is -0.141. The molecule has 0 aliphatic rings. The predicted molar refractivity (Wildman–Crippen MR) is 85.8 cm³/mol. The van der Waals surface area contributed by atoms with Crippen molar-refractivity contribution in [1.82, 2.24) is 14.8 Å². The molecular weight excluding hydrogens is 353 g/mol. The molecule has 10 heteroatoms. The highest BCUT2D eigenvalue weighted by Gasteiger charge is 2.39. The third-order valence-electron chi connectivity index (χ3n) is 3.64. The van der Waals surface area contributed by atoms with Gasteiger partial charge in [0.2, 0.25) is 0 Å². The highest BCUT2D eigenvalue weighted by molar-refractivity contribution is 5.99. The van der Waals surface area contributed by atoms with E-state index in [9.17, 15) is 18.0 Å². The van der Waals surface area contributed by atoms with Gasteiger partial charge in [-0.15, -0.1) is 0 Å². The molecule has 0 bridgehead atoms. The Hall–Kier alpha value is -3.30. The maximum atomic E-state index is 13.2. The van der Waals surface area contributed by atoms with E-state index in [0.29, 0.717) is 22.2 Å². The summed E-state index contributed by atoms with van der Waals surface area (Å²) in [5.41, 5.74) is -0.450. The number of alkyl halides is 3. The van der Waals surface area contributed by atoms with Crippen molar-refractivity contribution in [3.63, 3.8) is 0 Å². The van der Waals surface area contributed by atoms with E-state index in [-0.39, 0.29) is 6.61 Å². The number of hydrogen-bond donors (Lipinski definition) is 2. The first kappa shape index (κ1) is 17.5. The van der Waals surface area contributed by atoms with Gasteiger partial charge in [0, 0.05) is 28.9 Å². The van der Waals surface area contributed by atoms with Gasteiger partial charge in [0.15, 0.2) is 5.69 Å². The van der Waals surface area contributed by atoms with Crippen molar-refractivity contribution in [3.8, 4) is 5.69 Å². The average molecular weight is 366 g/mol. The standard InChI is InChI=1S/C16H13F3N4O3/c1-2-26-15(24)12-8-23(22-14(12)16(17,18)19)10-3-4-13-11(5-10)9(6-20-13)7-21-25/h3-8,20,25H,2H2,1H3/b21-7-. The molecule has 0 saturated heterocycles. The second kappa shape index (κ2) is 6.54. The molecule has 136 valence electrons. The number of fused-ring (bicyclic) bond motifs is 1. The molecule has 7 nitrogen and oxygen atoms in total. The Kier molecular flexibility index (Phi) is 4.41. The number of aromatic nitrogens is 3. The number of H-pyrrole nitrogens is 1. The van der Waals surface area contributed by atoms with Crippen LogP contribution in [0.4, 0.5) is 13.2 Å². The van der Waals surface area contributed by atoms with E-state index >= 15 is 0 Å². The number of aromatic amines is 1. The van der Waals surface area contributed by atoms with Crippen LogP contribution >= 0.6 is 0 Å². The van der Waals surface area contributed by atoms with Gasteiger partial charge in [0.05, 0.1) is 18.5 Å². The fourth-order valence-electron chi connectivity index (χ4n) is 2.52. The number of hydrogen-bond acceptors (Lipinski definition) is 5. The summed E-state index contributed by atoms with van der Waals surface area (Å²) < 4.78 is 45.3. The van der Waals surface area contributed by atoms with Crippen LogP contribution in [0, 0.1) is 0 Å². The van der Waals surface area contributed by atoms with Gasteiger partial charge in [-0.25, -0.2) is 9.48 Å². The summed E-state index contributed by atoms with van der Waals surface area (Å²) in [5.74, 6) is -1.10. The molecule has 0 radical (unpaired) electrons. The molecular formula is C16H13F3N4O3. The molecule has 0 saturated carbocycles. The third-order valence-corrected chi connectivity index (χ3v) is 3.64. The van der Waals surface area contributed by atoms with Gasteiger partial charge in [-0.1, -0.05) is 5.16 Å². The quantitative estimate of drug-likeness (QED) is 0.321. The van der Waals surface area contributed by atoms with Crippen LogP contribution in [-0.2, 0) is 10.9 Å². The van der Waals surface area contributed by atoms with Crippen molar-refractivity contribution in [2.45, 2.75) is 13.1 Å². The number of carbonyl (C=O) groups is 1. The smallest absolute Gasteiger partial charge is 0.436 e. The van der Waals surface area contributed by atoms with Crippen molar-refractivity contribution >= 4 is 23.1 Å². The fraction of sp³-hybridized carbons (Fsp3) is 0.188. The summed E-state index contributed by atoms with van der Waals surface area (Å²) in [5, 5.41) is 15.8. The zero-order valence-corrected chi connectivity index (χ0v) is 13.4. The van der Waals surface area contributed by atoms with Crippen LogP contribution in [0.5, 0.6) is 0 Å². The van der Waals surface area contributed by atoms with E-state index in [1.807, 2.05) is 0 Å². The summed E-state index contributed by atoms with van der Waals surface area (Å²) >= 11 is 0. The van der Waals surface area contributed by atoms with Gasteiger partial charge in [-0.2, -0.15) is 18.3 Å². The van der Waals surface area contributed by atoms with Gasteiger partial charge >= 0.3 is 12.1 Å². The molecule has 26 heavy (non-hydrogen) atoms. The van der Waals surface area contributed by atoms with E-state index in [0.717, 1.165) is 10.9 Å². The molecule has 0 aliphatic heterocycles. The van der Waals surface area contributed by atoms with Crippen LogP contribution < -0.4 is 0 Å². The molecule has 2 N–H and O–H groups in total. The molecule has 2 aromatic heterocycles. The summed E-state index contributed by atoms with van der Waals surface area (Å²) in [4.78, 5) is 14.8. The van der Waals surface area contributed by atoms with E-state index in [1.165, 1.54) is 13.1 Å². The van der Waals surface area contributed by atoms with Crippen LogP contribution in [0.3, 0.4) is 0 Å². The number of oxime groups is 1. The molecule has 0 fully saturated rings. The summed E-state index contributed by atoms with van der Waals surface area (Å²) in [6.45, 7) is 1.44. The minimum absolute atomic E-state index is 0.0551. The lowest BCUT2D eigenvalue weighted by Crippen LogP contribution is -2.14. The van der Waals surface area contributed by atoms with Crippen LogP contribution in [0.1, 0.15) is 28.5 Å². The fourth-order valence-corrected chi connectivity index (χ4v) is 2.52. The third kappa shape index (κ3) is 3.13. The van der Waals surface area contributed by atoms with Crippen molar-refractivity contribution < 1.29 is 27.9 Å². The van der Waals surface area contributed by atoms with Crippen molar-refractivity contribution in [2.75, 3.05) is 6.61 Å². The lowest BCUT2D eigenvalue weighted by Gasteiger charge is -2.05. The van der Waals surface area contributed by atoms with E-state index in [1.54, 1.807) is 24.4 Å². The minimum Gasteiger partial charge on any atom is -0.462 e. The highest BCUT2D eigenvalue weighted by atomic mass is 19.4. The van der Waals surface area contributed by atoms with Gasteiger partial charge in [-0.05, 0) is 25.1 Å². The second-order valence-corrected chi connectivity index (χ2v) is 5.27. The van der Waals surface area contributed by atoms with Crippen molar-refractivity contribution in [1.29, 1.82) is 0 Å². The molecule has 0 atom stereocenters. The van der Waals surface area contributed by atoms with Crippen LogP contribution in [-0.4, -0.2) is 38.8 Å². The molecule has 3 rings (SSSR count). The topological polar surface area (TPSA) is 92.5 Å². The second-order valence-electron chi connectivity index (χ2n) is 5.27. The Balaban J connectivity index is 2.13. The Morgan fingerprint density at radius 1 is 1.46 bits per heavy atom. The molecule has 1 aromatic carbocycles. The Labute approximate surface area is 144 Å². The number of nitrogens with one attached hydrogen (secondary N) is 1. The molecule has 0 spiro atoms. The number of halogens is 3. The van der Waals surface area contributed by atoms with E-state index in [2.05, 4.69) is 20.0 Å². The van der Waals surface area contributed by atoms with E-state index < -0.39 is 23.4 Å². The largest absolute Gasteiger partial charge is 0.462 e. The summed E-state index contributed by atoms with van der Waals surface area (Å²) in [7, 11) is 0. The average Bonchev–Trinajstić information content (AvgIpc) is 3.19. The Morgan fingerprint density at radius 3 is 2.88 bits per heavy atom. The first-order valence-corrected chi connectivity index (χ1v) is 7.48. The number of nitrogens with zero attached hydrogens (tertiary/aromatic N) is 3. The number of rotatable bonds is 4.